The van der Waals surface area contributed by atoms with E-state index in [2.05, 4.69) is 0 Å². The van der Waals surface area contributed by atoms with Crippen molar-refractivity contribution in [1.82, 2.24) is 0 Å². The molecule has 33 heavy (non-hydrogen) atoms. The molecule has 2 aromatic carbocycles. The van der Waals surface area contributed by atoms with Gasteiger partial charge in [-0.15, -0.1) is 0 Å². The number of rotatable bonds is 8. The molecule has 0 aliphatic heterocycles. The van der Waals surface area contributed by atoms with Crippen molar-refractivity contribution >= 4 is 16.9 Å². The average molecular weight is 466 g/mol. The highest BCUT2D eigenvalue weighted by molar-refractivity contribution is 5.80. The van der Waals surface area contributed by atoms with Gasteiger partial charge < -0.3 is 23.4 Å². The number of carbonyl (C=O) groups excluding carboxylic acids is 1. The van der Waals surface area contributed by atoms with E-state index in [9.17, 15) is 22.8 Å². The van der Waals surface area contributed by atoms with Crippen molar-refractivity contribution in [2.24, 2.45) is 0 Å². The summed E-state index contributed by atoms with van der Waals surface area (Å²) in [4.78, 5) is 24.6. The maximum atomic E-state index is 13.7. The summed E-state index contributed by atoms with van der Waals surface area (Å²) in [7, 11) is 1.43. The molecule has 0 spiro atoms. The number of ether oxygens (including phenoxy) is 4. The summed E-state index contributed by atoms with van der Waals surface area (Å²) < 4.78 is 66.6. The number of fused-ring (bicyclic) bond motifs is 1. The molecule has 0 bridgehead atoms. The van der Waals surface area contributed by atoms with Gasteiger partial charge in [-0.3, -0.25) is 4.79 Å². The van der Waals surface area contributed by atoms with Crippen molar-refractivity contribution in [2.45, 2.75) is 32.5 Å². The SMILES string of the molecule is CCC(C)OC(=O)COc1ccc2c(=O)c(Oc3ccc(OC)cc3)c(C(F)(F)F)oc2c1. The van der Waals surface area contributed by atoms with Gasteiger partial charge >= 0.3 is 12.1 Å². The molecule has 0 amide bonds. The summed E-state index contributed by atoms with van der Waals surface area (Å²) in [5.74, 6) is -2.74. The van der Waals surface area contributed by atoms with E-state index in [0.29, 0.717) is 12.2 Å². The molecule has 0 aliphatic rings. The van der Waals surface area contributed by atoms with E-state index in [0.717, 1.165) is 6.07 Å². The zero-order chi connectivity index (χ0) is 24.2. The Morgan fingerprint density at radius 3 is 2.30 bits per heavy atom. The van der Waals surface area contributed by atoms with E-state index in [1.807, 2.05) is 6.92 Å². The molecular formula is C23H21F3O7. The third-order valence-electron chi connectivity index (χ3n) is 4.62. The molecule has 1 aromatic heterocycles. The molecule has 10 heteroatoms. The van der Waals surface area contributed by atoms with Gasteiger partial charge in [-0.25, -0.2) is 4.79 Å². The van der Waals surface area contributed by atoms with Crippen LogP contribution in [-0.4, -0.2) is 25.8 Å². The van der Waals surface area contributed by atoms with Crippen molar-refractivity contribution in [3.63, 3.8) is 0 Å². The Labute approximate surface area is 186 Å². The molecule has 1 unspecified atom stereocenters. The van der Waals surface area contributed by atoms with Gasteiger partial charge in [0, 0.05) is 6.07 Å². The maximum Gasteiger partial charge on any atom is 0.453 e. The van der Waals surface area contributed by atoms with E-state index < -0.39 is 35.7 Å². The quantitative estimate of drug-likeness (QED) is 0.415. The van der Waals surface area contributed by atoms with Crippen LogP contribution < -0.4 is 19.6 Å². The number of hydrogen-bond acceptors (Lipinski definition) is 7. The first-order valence-corrected chi connectivity index (χ1v) is 9.94. The van der Waals surface area contributed by atoms with E-state index in [4.69, 9.17) is 23.4 Å². The van der Waals surface area contributed by atoms with Crippen LogP contribution in [0.3, 0.4) is 0 Å². The van der Waals surface area contributed by atoms with Crippen molar-refractivity contribution in [3.05, 3.63) is 58.4 Å². The minimum Gasteiger partial charge on any atom is -0.497 e. The third-order valence-corrected chi connectivity index (χ3v) is 4.62. The van der Waals surface area contributed by atoms with Gasteiger partial charge in [0.25, 0.3) is 5.76 Å². The second-order valence-corrected chi connectivity index (χ2v) is 7.02. The van der Waals surface area contributed by atoms with Gasteiger partial charge in [0.2, 0.25) is 11.2 Å². The number of methoxy groups -OCH3 is 1. The molecule has 0 radical (unpaired) electrons. The fourth-order valence-electron chi connectivity index (χ4n) is 2.77. The fourth-order valence-corrected chi connectivity index (χ4v) is 2.77. The van der Waals surface area contributed by atoms with Gasteiger partial charge in [0.1, 0.15) is 22.8 Å². The van der Waals surface area contributed by atoms with E-state index in [1.165, 1.54) is 43.5 Å². The van der Waals surface area contributed by atoms with Crippen LogP contribution in [0.4, 0.5) is 13.2 Å². The first-order chi connectivity index (χ1) is 15.6. The zero-order valence-electron chi connectivity index (χ0n) is 18.0. The Balaban J connectivity index is 1.94. The third kappa shape index (κ3) is 5.76. The van der Waals surface area contributed by atoms with Crippen LogP contribution in [-0.2, 0) is 15.7 Å². The van der Waals surface area contributed by atoms with Crippen molar-refractivity contribution in [1.29, 1.82) is 0 Å². The molecule has 0 fully saturated rings. The number of esters is 1. The van der Waals surface area contributed by atoms with Crippen LogP contribution in [0.1, 0.15) is 26.0 Å². The molecule has 3 rings (SSSR count). The monoisotopic (exact) mass is 466 g/mol. The first kappa shape index (κ1) is 24.0. The normalized spacial score (nSPS) is 12.3. The second-order valence-electron chi connectivity index (χ2n) is 7.02. The topological polar surface area (TPSA) is 84.2 Å². The summed E-state index contributed by atoms with van der Waals surface area (Å²) in [5, 5.41) is -0.152. The van der Waals surface area contributed by atoms with E-state index in [-0.39, 0.29) is 28.6 Å². The largest absolute Gasteiger partial charge is 0.497 e. The van der Waals surface area contributed by atoms with Gasteiger partial charge in [-0.1, -0.05) is 6.92 Å². The number of hydrogen-bond donors (Lipinski definition) is 0. The zero-order valence-corrected chi connectivity index (χ0v) is 18.0. The van der Waals surface area contributed by atoms with Gasteiger partial charge in [0.15, 0.2) is 6.61 Å². The summed E-state index contributed by atoms with van der Waals surface area (Å²) in [6, 6.07) is 9.33. The lowest BCUT2D eigenvalue weighted by Crippen LogP contribution is -2.20. The molecule has 0 saturated carbocycles. The highest BCUT2D eigenvalue weighted by Gasteiger charge is 2.40. The Hall–Kier alpha value is -3.69. The van der Waals surface area contributed by atoms with Crippen LogP contribution in [0.5, 0.6) is 23.0 Å². The van der Waals surface area contributed by atoms with Crippen LogP contribution in [0.2, 0.25) is 0 Å². The standard InChI is InChI=1S/C23H21F3O7/c1-4-13(2)31-19(27)12-30-16-9-10-17-18(11-16)33-22(23(24,25)26)21(20(17)28)32-15-7-5-14(29-3)6-8-15/h5-11,13H,4,12H2,1-3H3. The minimum atomic E-state index is -5.01. The Bertz CT molecular complexity index is 1180. The van der Waals surface area contributed by atoms with E-state index >= 15 is 0 Å². The molecule has 3 aromatic rings. The van der Waals surface area contributed by atoms with Gasteiger partial charge in [-0.05, 0) is 49.7 Å². The van der Waals surface area contributed by atoms with E-state index in [1.54, 1.807) is 6.92 Å². The smallest absolute Gasteiger partial charge is 0.453 e. The lowest BCUT2D eigenvalue weighted by Gasteiger charge is -2.14. The lowest BCUT2D eigenvalue weighted by molar-refractivity contribution is -0.154. The van der Waals surface area contributed by atoms with Gasteiger partial charge in [0.05, 0.1) is 18.6 Å². The highest BCUT2D eigenvalue weighted by Crippen LogP contribution is 2.38. The predicted octanol–water partition coefficient (Wildman–Crippen LogP) is 5.33. The van der Waals surface area contributed by atoms with Crippen molar-refractivity contribution in [2.75, 3.05) is 13.7 Å². The van der Waals surface area contributed by atoms with Crippen LogP contribution >= 0.6 is 0 Å². The molecular weight excluding hydrogens is 445 g/mol. The Kier molecular flexibility index (Phi) is 7.15. The van der Waals surface area contributed by atoms with Gasteiger partial charge in [-0.2, -0.15) is 13.2 Å². The molecule has 0 aliphatic carbocycles. The van der Waals surface area contributed by atoms with Crippen LogP contribution in [0, 0.1) is 0 Å². The number of alkyl halides is 3. The molecule has 0 N–H and O–H groups in total. The molecule has 176 valence electrons. The second kappa shape index (κ2) is 9.85. The Morgan fingerprint density at radius 1 is 1.06 bits per heavy atom. The summed E-state index contributed by atoms with van der Waals surface area (Å²) in [6.07, 6.45) is -4.69. The van der Waals surface area contributed by atoms with Crippen LogP contribution in [0.25, 0.3) is 11.0 Å². The Morgan fingerprint density at radius 2 is 1.70 bits per heavy atom. The minimum absolute atomic E-state index is 0.00674. The maximum absolute atomic E-state index is 13.7. The molecule has 7 nitrogen and oxygen atoms in total. The first-order valence-electron chi connectivity index (χ1n) is 9.94. The number of carbonyl (C=O) groups is 1. The van der Waals surface area contributed by atoms with Crippen LogP contribution in [0.15, 0.2) is 51.7 Å². The average Bonchev–Trinajstić information content (AvgIpc) is 2.78. The molecule has 0 saturated heterocycles. The van der Waals surface area contributed by atoms with Crippen molar-refractivity contribution < 1.29 is 41.3 Å². The predicted molar refractivity (Wildman–Crippen MR) is 112 cm³/mol. The lowest BCUT2D eigenvalue weighted by atomic mass is 10.2. The summed E-state index contributed by atoms with van der Waals surface area (Å²) in [5.41, 5.74) is -1.38. The number of halogens is 3. The summed E-state index contributed by atoms with van der Waals surface area (Å²) in [6.45, 7) is 3.10. The molecule has 1 atom stereocenters. The number of benzene rings is 2. The highest BCUT2D eigenvalue weighted by atomic mass is 19.4. The fraction of sp³-hybridized carbons (Fsp3) is 0.304. The molecule has 1 heterocycles. The summed E-state index contributed by atoms with van der Waals surface area (Å²) >= 11 is 0. The van der Waals surface area contributed by atoms with Crippen molar-refractivity contribution in [3.8, 4) is 23.0 Å².